The molecule has 1 heterocycles. The number of aryl methyl sites for hydroxylation is 1. The first-order valence-corrected chi connectivity index (χ1v) is 5.38. The molecule has 0 N–H and O–H groups in total. The van der Waals surface area contributed by atoms with E-state index in [0.29, 0.717) is 0 Å². The maximum Gasteiger partial charge on any atom is 0.105 e. The zero-order valence-electron chi connectivity index (χ0n) is 9.64. The van der Waals surface area contributed by atoms with Crippen LogP contribution in [0.3, 0.4) is 0 Å². The summed E-state index contributed by atoms with van der Waals surface area (Å²) in [6, 6.07) is 10.4. The van der Waals surface area contributed by atoms with E-state index >= 15 is 0 Å². The summed E-state index contributed by atoms with van der Waals surface area (Å²) in [5, 5.41) is 0. The van der Waals surface area contributed by atoms with Crippen LogP contribution < -0.4 is 0 Å². The molecule has 0 saturated carbocycles. The van der Waals surface area contributed by atoms with Crippen LogP contribution in [-0.4, -0.2) is 9.55 Å². The molecule has 15 heavy (non-hydrogen) atoms. The normalized spacial score (nSPS) is 9.27. The lowest BCUT2D eigenvalue weighted by atomic mass is 10.2. The Balaban J connectivity index is 0.000000531. The highest BCUT2D eigenvalue weighted by atomic mass is 15.0. The van der Waals surface area contributed by atoms with Crippen LogP contribution >= 0.6 is 0 Å². The molecule has 0 aliphatic rings. The largest absolute Gasteiger partial charge is 0.331 e. The average molecular weight is 202 g/mol. The van der Waals surface area contributed by atoms with E-state index in [4.69, 9.17) is 0 Å². The maximum atomic E-state index is 4.18. The van der Waals surface area contributed by atoms with Gasteiger partial charge in [-0.25, -0.2) is 4.98 Å². The van der Waals surface area contributed by atoms with Gasteiger partial charge in [0.25, 0.3) is 0 Å². The number of benzene rings is 1. The van der Waals surface area contributed by atoms with E-state index in [1.165, 1.54) is 5.56 Å². The monoisotopic (exact) mass is 202 g/mol. The Morgan fingerprint density at radius 3 is 2.33 bits per heavy atom. The van der Waals surface area contributed by atoms with Crippen molar-refractivity contribution in [2.45, 2.75) is 27.3 Å². The molecule has 0 atom stereocenters. The first-order valence-electron chi connectivity index (χ1n) is 5.38. The highest BCUT2D eigenvalue weighted by molar-refractivity contribution is 5.15. The van der Waals surface area contributed by atoms with Crippen molar-refractivity contribution in [3.05, 3.63) is 54.1 Å². The lowest BCUT2D eigenvalue weighted by Gasteiger charge is -2.03. The van der Waals surface area contributed by atoms with Gasteiger partial charge >= 0.3 is 0 Å². The SMILES string of the molecule is CC.Cc1nccn1Cc1ccccc1. The fourth-order valence-electron chi connectivity index (χ4n) is 1.35. The lowest BCUT2D eigenvalue weighted by Crippen LogP contribution is -1.99. The number of nitrogens with zero attached hydrogens (tertiary/aromatic N) is 2. The fraction of sp³-hybridized carbons (Fsp3) is 0.308. The average Bonchev–Trinajstić information content (AvgIpc) is 2.69. The standard InChI is InChI=1S/C11H12N2.C2H6/c1-10-12-7-8-13(10)9-11-5-3-2-4-6-11;1-2/h2-8H,9H2,1H3;1-2H3. The molecule has 80 valence electrons. The molecule has 2 rings (SSSR count). The van der Waals surface area contributed by atoms with Gasteiger partial charge < -0.3 is 4.57 Å². The minimum Gasteiger partial charge on any atom is -0.331 e. The van der Waals surface area contributed by atoms with Crippen molar-refractivity contribution in [1.29, 1.82) is 0 Å². The van der Waals surface area contributed by atoms with E-state index < -0.39 is 0 Å². The predicted octanol–water partition coefficient (Wildman–Crippen LogP) is 3.27. The molecule has 0 radical (unpaired) electrons. The molecular formula is C13H18N2. The molecule has 2 nitrogen and oxygen atoms in total. The van der Waals surface area contributed by atoms with Gasteiger partial charge in [0.15, 0.2) is 0 Å². The van der Waals surface area contributed by atoms with Crippen molar-refractivity contribution in [3.63, 3.8) is 0 Å². The Morgan fingerprint density at radius 1 is 1.13 bits per heavy atom. The number of hydrogen-bond donors (Lipinski definition) is 0. The van der Waals surface area contributed by atoms with Gasteiger partial charge in [-0.1, -0.05) is 44.2 Å². The Morgan fingerprint density at radius 2 is 1.80 bits per heavy atom. The maximum absolute atomic E-state index is 4.18. The molecule has 0 saturated heterocycles. The second-order valence-corrected chi connectivity index (χ2v) is 3.09. The molecule has 0 spiro atoms. The molecule has 1 aromatic carbocycles. The van der Waals surface area contributed by atoms with E-state index in [0.717, 1.165) is 12.4 Å². The van der Waals surface area contributed by atoms with Gasteiger partial charge in [0.1, 0.15) is 5.82 Å². The van der Waals surface area contributed by atoms with Gasteiger partial charge in [-0.3, -0.25) is 0 Å². The van der Waals surface area contributed by atoms with Crippen molar-refractivity contribution >= 4 is 0 Å². The smallest absolute Gasteiger partial charge is 0.105 e. The number of hydrogen-bond acceptors (Lipinski definition) is 1. The molecule has 0 unspecified atom stereocenters. The van der Waals surface area contributed by atoms with E-state index in [1.54, 1.807) is 0 Å². The highest BCUT2D eigenvalue weighted by Gasteiger charge is 1.96. The third-order valence-electron chi connectivity index (χ3n) is 2.12. The van der Waals surface area contributed by atoms with Crippen LogP contribution in [0.1, 0.15) is 25.2 Å². The Hall–Kier alpha value is -1.57. The van der Waals surface area contributed by atoms with Gasteiger partial charge in [-0.15, -0.1) is 0 Å². The molecule has 2 heteroatoms. The van der Waals surface area contributed by atoms with E-state index in [2.05, 4.69) is 33.8 Å². The van der Waals surface area contributed by atoms with Gasteiger partial charge in [0, 0.05) is 18.9 Å². The minimum absolute atomic E-state index is 0.909. The molecule has 2 aromatic rings. The van der Waals surface area contributed by atoms with Gasteiger partial charge in [0.2, 0.25) is 0 Å². The quantitative estimate of drug-likeness (QED) is 0.731. The van der Waals surface area contributed by atoms with Crippen molar-refractivity contribution in [2.24, 2.45) is 0 Å². The van der Waals surface area contributed by atoms with Crippen LogP contribution in [0.2, 0.25) is 0 Å². The van der Waals surface area contributed by atoms with Crippen molar-refractivity contribution in [1.82, 2.24) is 9.55 Å². The first-order chi connectivity index (χ1) is 7.36. The van der Waals surface area contributed by atoms with Crippen molar-refractivity contribution in [3.8, 4) is 0 Å². The summed E-state index contributed by atoms with van der Waals surface area (Å²) >= 11 is 0. The van der Waals surface area contributed by atoms with Crippen LogP contribution in [0.4, 0.5) is 0 Å². The second kappa shape index (κ2) is 6.02. The summed E-state index contributed by atoms with van der Waals surface area (Å²) in [5.41, 5.74) is 1.31. The molecule has 0 bridgehead atoms. The van der Waals surface area contributed by atoms with Crippen molar-refractivity contribution < 1.29 is 0 Å². The zero-order chi connectivity index (χ0) is 11.1. The predicted molar refractivity (Wildman–Crippen MR) is 63.9 cm³/mol. The highest BCUT2D eigenvalue weighted by Crippen LogP contribution is 2.03. The van der Waals surface area contributed by atoms with Crippen LogP contribution in [0, 0.1) is 6.92 Å². The van der Waals surface area contributed by atoms with Gasteiger partial charge in [-0.2, -0.15) is 0 Å². The van der Waals surface area contributed by atoms with Crippen LogP contribution in [0.15, 0.2) is 42.7 Å². The zero-order valence-corrected chi connectivity index (χ0v) is 9.64. The fourth-order valence-corrected chi connectivity index (χ4v) is 1.35. The summed E-state index contributed by atoms with van der Waals surface area (Å²) in [7, 11) is 0. The van der Waals surface area contributed by atoms with E-state index in [1.807, 2.05) is 39.2 Å². The van der Waals surface area contributed by atoms with Crippen LogP contribution in [0.5, 0.6) is 0 Å². The summed E-state index contributed by atoms with van der Waals surface area (Å²) in [6.07, 6.45) is 3.83. The molecule has 0 aliphatic heterocycles. The Labute approximate surface area is 91.6 Å². The molecule has 1 aromatic heterocycles. The number of aromatic nitrogens is 2. The molecule has 0 aliphatic carbocycles. The third-order valence-corrected chi connectivity index (χ3v) is 2.12. The topological polar surface area (TPSA) is 17.8 Å². The van der Waals surface area contributed by atoms with E-state index in [-0.39, 0.29) is 0 Å². The Kier molecular flexibility index (Phi) is 4.61. The van der Waals surface area contributed by atoms with Gasteiger partial charge in [-0.05, 0) is 12.5 Å². The third kappa shape index (κ3) is 3.24. The Bertz CT molecular complexity index is 376. The first kappa shape index (κ1) is 11.5. The lowest BCUT2D eigenvalue weighted by molar-refractivity contribution is 0.762. The van der Waals surface area contributed by atoms with E-state index in [9.17, 15) is 0 Å². The van der Waals surface area contributed by atoms with Gasteiger partial charge in [0.05, 0.1) is 0 Å². The number of imidazole rings is 1. The summed E-state index contributed by atoms with van der Waals surface area (Å²) in [4.78, 5) is 4.18. The summed E-state index contributed by atoms with van der Waals surface area (Å²) in [6.45, 7) is 6.93. The second-order valence-electron chi connectivity index (χ2n) is 3.09. The summed E-state index contributed by atoms with van der Waals surface area (Å²) in [5.74, 6) is 1.06. The van der Waals surface area contributed by atoms with Crippen LogP contribution in [0.25, 0.3) is 0 Å². The summed E-state index contributed by atoms with van der Waals surface area (Å²) < 4.78 is 2.13. The van der Waals surface area contributed by atoms with Crippen LogP contribution in [-0.2, 0) is 6.54 Å². The molecule has 0 amide bonds. The minimum atomic E-state index is 0.909. The number of rotatable bonds is 2. The van der Waals surface area contributed by atoms with Crippen molar-refractivity contribution in [2.75, 3.05) is 0 Å². The molecular weight excluding hydrogens is 184 g/mol. The molecule has 0 fully saturated rings.